The van der Waals surface area contributed by atoms with Gasteiger partial charge in [-0.2, -0.15) is 4.31 Å². The number of pyridine rings is 1. The van der Waals surface area contributed by atoms with Crippen LogP contribution in [0.25, 0.3) is 0 Å². The SMILES string of the molecule is O=C(c1ccc(S(=O)(=O)N2CCCC2)cc1)N1CC(Oc2ncccc2Br)C1. The molecular weight excluding hydrogens is 446 g/mol. The first-order valence-corrected chi connectivity index (χ1v) is 11.3. The second kappa shape index (κ2) is 7.81. The lowest BCUT2D eigenvalue weighted by Gasteiger charge is -2.38. The van der Waals surface area contributed by atoms with Crippen LogP contribution in [-0.4, -0.2) is 60.8 Å². The molecule has 0 aliphatic carbocycles. The number of carbonyl (C=O) groups excluding carboxylic acids is 1. The minimum Gasteiger partial charge on any atom is -0.470 e. The van der Waals surface area contributed by atoms with Crippen LogP contribution in [0.3, 0.4) is 0 Å². The number of hydrogen-bond donors (Lipinski definition) is 0. The van der Waals surface area contributed by atoms with Gasteiger partial charge in [-0.1, -0.05) is 0 Å². The van der Waals surface area contributed by atoms with Crippen LogP contribution < -0.4 is 4.74 Å². The van der Waals surface area contributed by atoms with Gasteiger partial charge in [0.2, 0.25) is 15.9 Å². The van der Waals surface area contributed by atoms with E-state index in [1.807, 2.05) is 6.07 Å². The van der Waals surface area contributed by atoms with Crippen molar-refractivity contribution in [2.75, 3.05) is 26.2 Å². The van der Waals surface area contributed by atoms with Crippen LogP contribution in [0.5, 0.6) is 5.88 Å². The molecule has 148 valence electrons. The second-order valence-electron chi connectivity index (χ2n) is 6.88. The molecule has 2 aliphatic heterocycles. The molecule has 1 amide bonds. The average molecular weight is 466 g/mol. The monoisotopic (exact) mass is 465 g/mol. The Morgan fingerprint density at radius 3 is 2.43 bits per heavy atom. The van der Waals surface area contributed by atoms with Gasteiger partial charge in [0.05, 0.1) is 22.5 Å². The summed E-state index contributed by atoms with van der Waals surface area (Å²) >= 11 is 3.39. The highest BCUT2D eigenvalue weighted by molar-refractivity contribution is 9.10. The van der Waals surface area contributed by atoms with Crippen molar-refractivity contribution in [1.29, 1.82) is 0 Å². The highest BCUT2D eigenvalue weighted by Gasteiger charge is 2.34. The molecule has 0 unspecified atom stereocenters. The first kappa shape index (κ1) is 19.4. The minimum atomic E-state index is -3.46. The Balaban J connectivity index is 1.36. The predicted molar refractivity (Wildman–Crippen MR) is 107 cm³/mol. The Labute approximate surface area is 172 Å². The lowest BCUT2D eigenvalue weighted by molar-refractivity contribution is 0.0157. The normalized spacial score (nSPS) is 18.1. The van der Waals surface area contributed by atoms with Crippen LogP contribution in [0.15, 0.2) is 52.0 Å². The minimum absolute atomic E-state index is 0.107. The van der Waals surface area contributed by atoms with E-state index >= 15 is 0 Å². The van der Waals surface area contributed by atoms with Crippen LogP contribution in [0, 0.1) is 0 Å². The van der Waals surface area contributed by atoms with Crippen molar-refractivity contribution >= 4 is 31.9 Å². The van der Waals surface area contributed by atoms with Gasteiger partial charge >= 0.3 is 0 Å². The Bertz CT molecular complexity index is 969. The van der Waals surface area contributed by atoms with Gasteiger partial charge in [0.1, 0.15) is 6.10 Å². The summed E-state index contributed by atoms with van der Waals surface area (Å²) in [6.07, 6.45) is 3.33. The molecule has 0 saturated carbocycles. The molecule has 2 aromatic rings. The smallest absolute Gasteiger partial charge is 0.254 e. The zero-order valence-corrected chi connectivity index (χ0v) is 17.5. The van der Waals surface area contributed by atoms with Gasteiger partial charge in [0, 0.05) is 24.8 Å². The van der Waals surface area contributed by atoms with Crippen LogP contribution in [0.2, 0.25) is 0 Å². The maximum atomic E-state index is 12.6. The third-order valence-electron chi connectivity index (χ3n) is 4.94. The number of nitrogens with zero attached hydrogens (tertiary/aromatic N) is 3. The maximum Gasteiger partial charge on any atom is 0.254 e. The first-order chi connectivity index (χ1) is 13.4. The summed E-state index contributed by atoms with van der Waals surface area (Å²) in [6.45, 7) is 2.06. The molecule has 2 fully saturated rings. The van der Waals surface area contributed by atoms with E-state index in [1.54, 1.807) is 29.3 Å². The lowest BCUT2D eigenvalue weighted by Crippen LogP contribution is -2.56. The summed E-state index contributed by atoms with van der Waals surface area (Å²) in [5.41, 5.74) is 0.470. The van der Waals surface area contributed by atoms with Gasteiger partial charge in [0.15, 0.2) is 0 Å². The fourth-order valence-electron chi connectivity index (χ4n) is 3.32. The van der Waals surface area contributed by atoms with E-state index < -0.39 is 10.0 Å². The molecule has 3 heterocycles. The average Bonchev–Trinajstić information content (AvgIpc) is 3.21. The number of ether oxygens (including phenoxy) is 1. The molecule has 0 N–H and O–H groups in total. The molecule has 9 heteroatoms. The molecule has 7 nitrogen and oxygen atoms in total. The zero-order chi connectivity index (χ0) is 19.7. The number of likely N-dealkylation sites (tertiary alicyclic amines) is 1. The van der Waals surface area contributed by atoms with Gasteiger partial charge in [-0.05, 0) is 65.2 Å². The van der Waals surface area contributed by atoms with Crippen molar-refractivity contribution in [1.82, 2.24) is 14.2 Å². The van der Waals surface area contributed by atoms with E-state index in [-0.39, 0.29) is 16.9 Å². The molecule has 0 atom stereocenters. The van der Waals surface area contributed by atoms with Gasteiger partial charge in [-0.15, -0.1) is 0 Å². The third-order valence-corrected chi connectivity index (χ3v) is 7.46. The van der Waals surface area contributed by atoms with Gasteiger partial charge in [0.25, 0.3) is 5.91 Å². The van der Waals surface area contributed by atoms with E-state index in [9.17, 15) is 13.2 Å². The highest BCUT2D eigenvalue weighted by atomic mass is 79.9. The van der Waals surface area contributed by atoms with E-state index in [4.69, 9.17) is 4.74 Å². The first-order valence-electron chi connectivity index (χ1n) is 9.12. The Morgan fingerprint density at radius 2 is 1.79 bits per heavy atom. The van der Waals surface area contributed by atoms with Gasteiger partial charge in [-0.25, -0.2) is 13.4 Å². The molecule has 0 radical (unpaired) electrons. The fourth-order valence-corrected chi connectivity index (χ4v) is 5.19. The van der Waals surface area contributed by atoms with Crippen molar-refractivity contribution in [3.8, 4) is 5.88 Å². The quantitative estimate of drug-likeness (QED) is 0.677. The van der Waals surface area contributed by atoms with Crippen molar-refractivity contribution in [2.24, 2.45) is 0 Å². The molecule has 0 spiro atoms. The van der Waals surface area contributed by atoms with Crippen LogP contribution in [0.4, 0.5) is 0 Å². The van der Waals surface area contributed by atoms with Crippen LogP contribution in [-0.2, 0) is 10.0 Å². The number of halogens is 1. The lowest BCUT2D eigenvalue weighted by atomic mass is 10.1. The number of benzene rings is 1. The highest BCUT2D eigenvalue weighted by Crippen LogP contribution is 2.26. The standard InChI is InChI=1S/C19H20BrN3O4S/c20-17-4-3-9-21-18(17)27-15-12-22(13-15)19(24)14-5-7-16(8-6-14)28(25,26)23-10-1-2-11-23/h3-9,15H,1-2,10-13H2. The maximum absolute atomic E-state index is 12.6. The number of amides is 1. The van der Waals surface area contributed by atoms with Crippen molar-refractivity contribution in [2.45, 2.75) is 23.8 Å². The Morgan fingerprint density at radius 1 is 1.11 bits per heavy atom. The number of aromatic nitrogens is 1. The summed E-state index contributed by atoms with van der Waals surface area (Å²) in [7, 11) is -3.46. The largest absolute Gasteiger partial charge is 0.470 e. The summed E-state index contributed by atoms with van der Waals surface area (Å²) in [4.78, 5) is 18.7. The third kappa shape index (κ3) is 3.78. The van der Waals surface area contributed by atoms with Gasteiger partial charge in [-0.3, -0.25) is 4.79 Å². The van der Waals surface area contributed by atoms with E-state index in [2.05, 4.69) is 20.9 Å². The van der Waals surface area contributed by atoms with Gasteiger partial charge < -0.3 is 9.64 Å². The van der Waals surface area contributed by atoms with E-state index in [1.165, 1.54) is 16.4 Å². The molecule has 2 aliphatic rings. The van der Waals surface area contributed by atoms with Crippen molar-refractivity contribution in [3.05, 3.63) is 52.6 Å². The summed E-state index contributed by atoms with van der Waals surface area (Å²) in [5.74, 6) is 0.376. The topological polar surface area (TPSA) is 79.8 Å². The summed E-state index contributed by atoms with van der Waals surface area (Å²) < 4.78 is 33.2. The molecule has 2 saturated heterocycles. The van der Waals surface area contributed by atoms with Crippen molar-refractivity contribution in [3.63, 3.8) is 0 Å². The number of hydrogen-bond acceptors (Lipinski definition) is 5. The number of rotatable bonds is 5. The summed E-state index contributed by atoms with van der Waals surface area (Å²) in [6, 6.07) is 9.84. The number of carbonyl (C=O) groups is 1. The second-order valence-corrected chi connectivity index (χ2v) is 9.67. The molecule has 1 aromatic carbocycles. The molecule has 4 rings (SSSR count). The van der Waals surface area contributed by atoms with E-state index in [0.717, 1.165) is 17.3 Å². The molecule has 28 heavy (non-hydrogen) atoms. The molecular formula is C19H20BrN3O4S. The molecule has 0 bridgehead atoms. The number of sulfonamides is 1. The Kier molecular flexibility index (Phi) is 5.39. The Hall–Kier alpha value is -1.97. The van der Waals surface area contributed by atoms with Crippen molar-refractivity contribution < 1.29 is 17.9 Å². The predicted octanol–water partition coefficient (Wildman–Crippen LogP) is 2.53. The fraction of sp³-hybridized carbons (Fsp3) is 0.368. The van der Waals surface area contributed by atoms with E-state index in [0.29, 0.717) is 37.6 Å². The van der Waals surface area contributed by atoms with Crippen LogP contribution >= 0.6 is 15.9 Å². The zero-order valence-electron chi connectivity index (χ0n) is 15.1. The van der Waals surface area contributed by atoms with Crippen LogP contribution in [0.1, 0.15) is 23.2 Å². The summed E-state index contributed by atoms with van der Waals surface area (Å²) in [5, 5.41) is 0. The molecule has 1 aromatic heterocycles.